The Morgan fingerprint density at radius 3 is 2.94 bits per heavy atom. The van der Waals surface area contributed by atoms with E-state index in [-0.39, 0.29) is 5.91 Å². The van der Waals surface area contributed by atoms with E-state index in [4.69, 9.17) is 5.84 Å². The molecule has 0 atom stereocenters. The lowest BCUT2D eigenvalue weighted by Crippen LogP contribution is -2.29. The molecule has 1 rings (SSSR count). The molecule has 1 aromatic rings. The first-order valence-electron chi connectivity index (χ1n) is 5.52. The highest BCUT2D eigenvalue weighted by atomic mass is 79.9. The Morgan fingerprint density at radius 1 is 1.59 bits per heavy atom. The lowest BCUT2D eigenvalue weighted by molar-refractivity contribution is -0.121. The molecule has 0 aliphatic rings. The zero-order valence-electron chi connectivity index (χ0n) is 9.91. The minimum absolute atomic E-state index is 0.0881. The average molecular weight is 320 g/mol. The summed E-state index contributed by atoms with van der Waals surface area (Å²) < 4.78 is 1.14. The van der Waals surface area contributed by atoms with Gasteiger partial charge in [0.2, 0.25) is 5.91 Å². The van der Waals surface area contributed by atoms with Crippen LogP contribution in [0.4, 0.5) is 0 Å². The van der Waals surface area contributed by atoms with E-state index in [9.17, 15) is 4.79 Å². The van der Waals surface area contributed by atoms with E-state index in [0.29, 0.717) is 6.42 Å². The van der Waals surface area contributed by atoms with Gasteiger partial charge in [0.15, 0.2) is 0 Å². The molecule has 17 heavy (non-hydrogen) atoms. The third-order valence-electron chi connectivity index (χ3n) is 2.40. The molecule has 96 valence electrons. The number of nitrogens with one attached hydrogen (secondary N) is 1. The van der Waals surface area contributed by atoms with E-state index in [1.165, 1.54) is 4.88 Å². The van der Waals surface area contributed by atoms with Crippen molar-refractivity contribution in [3.05, 3.63) is 20.8 Å². The summed E-state index contributed by atoms with van der Waals surface area (Å²) in [4.78, 5) is 14.5. The highest BCUT2D eigenvalue weighted by molar-refractivity contribution is 9.10. The number of hydrazine groups is 1. The standard InChI is InChI=1S/C11H18BrN3OS/c1-15(5-3-2-4-11(16)14-13)7-10-6-9(12)8-17-10/h6,8H,2-5,7,13H2,1H3,(H,14,16). The molecule has 0 saturated heterocycles. The number of nitrogens with zero attached hydrogens (tertiary/aromatic N) is 1. The molecule has 6 heteroatoms. The second kappa shape index (κ2) is 7.81. The van der Waals surface area contributed by atoms with E-state index in [2.05, 4.69) is 44.7 Å². The molecule has 1 amide bonds. The van der Waals surface area contributed by atoms with Gasteiger partial charge < -0.3 is 4.90 Å². The number of unbranched alkanes of at least 4 members (excludes halogenated alkanes) is 1. The monoisotopic (exact) mass is 319 g/mol. The van der Waals surface area contributed by atoms with Crippen molar-refractivity contribution in [3.63, 3.8) is 0 Å². The van der Waals surface area contributed by atoms with Crippen LogP contribution >= 0.6 is 27.3 Å². The third kappa shape index (κ3) is 6.16. The predicted molar refractivity (Wildman–Crippen MR) is 74.5 cm³/mol. The molecular formula is C11H18BrN3OS. The molecule has 0 spiro atoms. The number of carbonyl (C=O) groups excluding carboxylic acids is 1. The molecule has 0 radical (unpaired) electrons. The molecule has 0 aliphatic heterocycles. The van der Waals surface area contributed by atoms with Gasteiger partial charge in [0.1, 0.15) is 0 Å². The molecular weight excluding hydrogens is 302 g/mol. The molecule has 0 saturated carbocycles. The maximum absolute atomic E-state index is 10.9. The second-order valence-corrected chi connectivity index (χ2v) is 5.91. The number of halogens is 1. The number of carbonyl (C=O) groups is 1. The first kappa shape index (κ1) is 14.6. The van der Waals surface area contributed by atoms with Crippen LogP contribution in [0.5, 0.6) is 0 Å². The van der Waals surface area contributed by atoms with Gasteiger partial charge in [0.05, 0.1) is 0 Å². The Bertz CT molecular complexity index is 356. The summed E-state index contributed by atoms with van der Waals surface area (Å²) in [6.07, 6.45) is 2.40. The van der Waals surface area contributed by atoms with Crippen molar-refractivity contribution in [2.24, 2.45) is 5.84 Å². The van der Waals surface area contributed by atoms with Crippen LogP contribution in [0.3, 0.4) is 0 Å². The largest absolute Gasteiger partial charge is 0.301 e. The molecule has 1 aromatic heterocycles. The number of nitrogens with two attached hydrogens (primary N) is 1. The van der Waals surface area contributed by atoms with Gasteiger partial charge in [0, 0.05) is 27.7 Å². The van der Waals surface area contributed by atoms with E-state index >= 15 is 0 Å². The smallest absolute Gasteiger partial charge is 0.233 e. The Labute approximate surface area is 114 Å². The zero-order valence-corrected chi connectivity index (χ0v) is 12.3. The van der Waals surface area contributed by atoms with Crippen molar-refractivity contribution in [2.45, 2.75) is 25.8 Å². The van der Waals surface area contributed by atoms with Gasteiger partial charge in [-0.3, -0.25) is 10.2 Å². The highest BCUT2D eigenvalue weighted by Gasteiger charge is 2.03. The van der Waals surface area contributed by atoms with Crippen molar-refractivity contribution in [1.82, 2.24) is 10.3 Å². The number of rotatable bonds is 7. The summed E-state index contributed by atoms with van der Waals surface area (Å²) in [6.45, 7) is 1.95. The van der Waals surface area contributed by atoms with Crippen molar-refractivity contribution in [3.8, 4) is 0 Å². The van der Waals surface area contributed by atoms with Gasteiger partial charge in [-0.1, -0.05) is 0 Å². The number of thiophene rings is 1. The topological polar surface area (TPSA) is 58.4 Å². The van der Waals surface area contributed by atoms with E-state index in [1.807, 2.05) is 0 Å². The second-order valence-electron chi connectivity index (χ2n) is 3.99. The van der Waals surface area contributed by atoms with Crippen LogP contribution in [0.25, 0.3) is 0 Å². The summed E-state index contributed by atoms with van der Waals surface area (Å²) in [7, 11) is 2.09. The van der Waals surface area contributed by atoms with Crippen LogP contribution in [0.2, 0.25) is 0 Å². The number of hydrogen-bond acceptors (Lipinski definition) is 4. The van der Waals surface area contributed by atoms with Gasteiger partial charge in [0.25, 0.3) is 0 Å². The van der Waals surface area contributed by atoms with E-state index in [0.717, 1.165) is 30.4 Å². The van der Waals surface area contributed by atoms with Gasteiger partial charge in [-0.05, 0) is 48.4 Å². The van der Waals surface area contributed by atoms with Crippen LogP contribution in [-0.4, -0.2) is 24.4 Å². The van der Waals surface area contributed by atoms with Crippen molar-refractivity contribution < 1.29 is 4.79 Å². The van der Waals surface area contributed by atoms with Gasteiger partial charge >= 0.3 is 0 Å². The number of amides is 1. The Balaban J connectivity index is 2.13. The summed E-state index contributed by atoms with van der Waals surface area (Å²) in [5, 5.41) is 2.09. The van der Waals surface area contributed by atoms with Crippen LogP contribution in [0.1, 0.15) is 24.1 Å². The molecule has 0 unspecified atom stereocenters. The fourth-order valence-corrected chi connectivity index (χ4v) is 3.05. The minimum Gasteiger partial charge on any atom is -0.301 e. The summed E-state index contributed by atoms with van der Waals surface area (Å²) in [6, 6.07) is 2.14. The predicted octanol–water partition coefficient (Wildman–Crippen LogP) is 2.10. The lowest BCUT2D eigenvalue weighted by atomic mass is 10.2. The lowest BCUT2D eigenvalue weighted by Gasteiger charge is -2.15. The van der Waals surface area contributed by atoms with Crippen LogP contribution in [0, 0.1) is 0 Å². The van der Waals surface area contributed by atoms with Gasteiger partial charge in [-0.15, -0.1) is 11.3 Å². The highest BCUT2D eigenvalue weighted by Crippen LogP contribution is 2.20. The summed E-state index contributed by atoms with van der Waals surface area (Å²) in [5.41, 5.74) is 2.14. The van der Waals surface area contributed by atoms with Crippen molar-refractivity contribution in [1.29, 1.82) is 0 Å². The third-order valence-corrected chi connectivity index (χ3v) is 4.08. The molecule has 0 aliphatic carbocycles. The van der Waals surface area contributed by atoms with E-state index < -0.39 is 0 Å². The average Bonchev–Trinajstić information content (AvgIpc) is 2.69. The maximum atomic E-state index is 10.9. The van der Waals surface area contributed by atoms with Crippen LogP contribution in [0.15, 0.2) is 15.9 Å². The van der Waals surface area contributed by atoms with Crippen LogP contribution < -0.4 is 11.3 Å². The maximum Gasteiger partial charge on any atom is 0.233 e. The zero-order chi connectivity index (χ0) is 12.7. The van der Waals surface area contributed by atoms with Crippen molar-refractivity contribution >= 4 is 33.2 Å². The Hall–Kier alpha value is -0.430. The molecule has 0 bridgehead atoms. The molecule has 4 nitrogen and oxygen atoms in total. The fourth-order valence-electron chi connectivity index (χ4n) is 1.52. The molecule has 1 heterocycles. The SMILES string of the molecule is CN(CCCCC(=O)NN)Cc1cc(Br)cs1. The quantitative estimate of drug-likeness (QED) is 0.350. The minimum atomic E-state index is -0.0881. The molecule has 0 aromatic carbocycles. The summed E-state index contributed by atoms with van der Waals surface area (Å²) in [5.74, 6) is 4.92. The number of hydrogen-bond donors (Lipinski definition) is 2. The van der Waals surface area contributed by atoms with E-state index in [1.54, 1.807) is 11.3 Å². The Kier molecular flexibility index (Phi) is 6.72. The van der Waals surface area contributed by atoms with Crippen LogP contribution in [-0.2, 0) is 11.3 Å². The molecule has 0 fully saturated rings. The Morgan fingerprint density at radius 2 is 2.35 bits per heavy atom. The fraction of sp³-hybridized carbons (Fsp3) is 0.545. The normalized spacial score (nSPS) is 10.8. The van der Waals surface area contributed by atoms with Gasteiger partial charge in [-0.25, -0.2) is 5.84 Å². The van der Waals surface area contributed by atoms with Crippen molar-refractivity contribution in [2.75, 3.05) is 13.6 Å². The van der Waals surface area contributed by atoms with Gasteiger partial charge in [-0.2, -0.15) is 0 Å². The first-order chi connectivity index (χ1) is 8.11. The molecule has 3 N–H and O–H groups in total. The summed E-state index contributed by atoms with van der Waals surface area (Å²) >= 11 is 5.20. The first-order valence-corrected chi connectivity index (χ1v) is 7.20.